The van der Waals surface area contributed by atoms with Crippen molar-refractivity contribution in [2.24, 2.45) is 0 Å². The summed E-state index contributed by atoms with van der Waals surface area (Å²) in [5, 5.41) is 2.15. The summed E-state index contributed by atoms with van der Waals surface area (Å²) in [5.74, 6) is -2.35. The molecule has 17 heteroatoms. The van der Waals surface area contributed by atoms with Gasteiger partial charge in [0, 0.05) is 20.4 Å². The Morgan fingerprint density at radius 1 is 1.20 bits per heavy atom. The first-order chi connectivity index (χ1) is 16.1. The molecule has 0 radical (unpaired) electrons. The maximum atomic E-state index is 13.4. The zero-order chi connectivity index (χ0) is 26.3. The molecule has 2 N–H and O–H groups in total. The number of aromatic amines is 1. The van der Waals surface area contributed by atoms with Gasteiger partial charge in [-0.3, -0.25) is 29.3 Å². The Morgan fingerprint density at radius 3 is 2.40 bits per heavy atom. The van der Waals surface area contributed by atoms with Crippen molar-refractivity contribution in [1.29, 1.82) is 0 Å². The number of anilines is 1. The molecule has 0 aromatic carbocycles. The first-order valence-corrected chi connectivity index (χ1v) is 10.1. The number of carbonyl (C=O) groups excluding carboxylic acids is 2. The lowest BCUT2D eigenvalue weighted by atomic mass is 10.1. The van der Waals surface area contributed by atoms with Gasteiger partial charge in [-0.15, -0.1) is 0 Å². The van der Waals surface area contributed by atoms with Gasteiger partial charge >= 0.3 is 24.0 Å². The number of aryl methyl sites for hydroxylation is 1. The largest absolute Gasteiger partial charge is 0.450 e. The molecule has 1 fully saturated rings. The van der Waals surface area contributed by atoms with Crippen LogP contribution in [0, 0.1) is 0 Å². The van der Waals surface area contributed by atoms with E-state index >= 15 is 0 Å². The third-order valence-electron chi connectivity index (χ3n) is 5.00. The predicted octanol–water partition coefficient (Wildman–Crippen LogP) is 1.97. The molecule has 0 bridgehead atoms. The molecule has 1 saturated heterocycles. The number of imidazole rings is 1. The molecule has 0 spiro atoms. The maximum Gasteiger partial charge on any atom is 0.428 e. The third-order valence-corrected chi connectivity index (χ3v) is 5.00. The Balaban J connectivity index is 2.10. The lowest BCUT2D eigenvalue weighted by Crippen LogP contribution is -2.43. The number of halogens is 6. The van der Waals surface area contributed by atoms with Crippen molar-refractivity contribution in [3.05, 3.63) is 20.8 Å². The second-order valence-electron chi connectivity index (χ2n) is 7.72. The minimum Gasteiger partial charge on any atom is -0.450 e. The number of aromatic nitrogens is 4. The maximum absolute atomic E-state index is 13.4. The van der Waals surface area contributed by atoms with Gasteiger partial charge in [-0.2, -0.15) is 31.3 Å². The molecular formula is C18H19F6N5O6. The van der Waals surface area contributed by atoms with Crippen molar-refractivity contribution in [3.63, 3.8) is 0 Å². The van der Waals surface area contributed by atoms with Crippen LogP contribution in [0.2, 0.25) is 0 Å². The quantitative estimate of drug-likeness (QED) is 0.443. The molecule has 3 heterocycles. The molecule has 11 nitrogen and oxygen atoms in total. The molecule has 194 valence electrons. The van der Waals surface area contributed by atoms with Gasteiger partial charge in [-0.05, 0) is 12.8 Å². The van der Waals surface area contributed by atoms with Crippen molar-refractivity contribution >= 4 is 29.0 Å². The molecule has 0 aliphatic carbocycles. The number of amides is 1. The van der Waals surface area contributed by atoms with Crippen LogP contribution in [0.5, 0.6) is 0 Å². The number of fused-ring (bicyclic) bond motifs is 1. The first kappa shape index (κ1) is 26.2. The summed E-state index contributed by atoms with van der Waals surface area (Å²) in [7, 11) is 0. The summed E-state index contributed by atoms with van der Waals surface area (Å²) in [4.78, 5) is 54.1. The van der Waals surface area contributed by atoms with Crippen molar-refractivity contribution in [1.82, 2.24) is 19.1 Å². The number of carbonyl (C=O) groups is 2. The highest BCUT2D eigenvalue weighted by Crippen LogP contribution is 2.37. The molecule has 3 rings (SSSR count). The smallest absolute Gasteiger partial charge is 0.428 e. The minimum absolute atomic E-state index is 0.249. The number of alkyl halides is 6. The van der Waals surface area contributed by atoms with Crippen LogP contribution in [0.25, 0.3) is 11.2 Å². The van der Waals surface area contributed by atoms with E-state index in [2.05, 4.69) is 20.0 Å². The summed E-state index contributed by atoms with van der Waals surface area (Å²) < 4.78 is 89.4. The highest BCUT2D eigenvalue weighted by atomic mass is 19.4. The zero-order valence-corrected chi connectivity index (χ0v) is 18.1. The topological polar surface area (TPSA) is 137 Å². The van der Waals surface area contributed by atoms with Gasteiger partial charge in [-0.25, -0.2) is 9.36 Å². The Morgan fingerprint density at radius 2 is 1.86 bits per heavy atom. The van der Waals surface area contributed by atoms with E-state index < -0.39 is 84.0 Å². The third kappa shape index (κ3) is 5.83. The van der Waals surface area contributed by atoms with Crippen molar-refractivity contribution in [3.8, 4) is 0 Å². The van der Waals surface area contributed by atoms with Crippen LogP contribution in [0.3, 0.4) is 0 Å². The van der Waals surface area contributed by atoms with Crippen LogP contribution < -0.4 is 16.6 Å². The average molecular weight is 515 g/mol. The van der Waals surface area contributed by atoms with Gasteiger partial charge in [0.05, 0.1) is 6.42 Å². The summed E-state index contributed by atoms with van der Waals surface area (Å²) in [6.45, 7) is 0.858. The van der Waals surface area contributed by atoms with E-state index in [1.807, 2.05) is 0 Å². The number of rotatable bonds is 6. The molecule has 3 atom stereocenters. The van der Waals surface area contributed by atoms with E-state index in [0.717, 1.165) is 13.8 Å². The number of ether oxygens (including phenoxy) is 2. The predicted molar refractivity (Wildman–Crippen MR) is 104 cm³/mol. The molecule has 2 aromatic heterocycles. The van der Waals surface area contributed by atoms with Gasteiger partial charge in [0.2, 0.25) is 18.0 Å². The molecule has 0 saturated carbocycles. The fourth-order valence-electron chi connectivity index (χ4n) is 3.70. The highest BCUT2D eigenvalue weighted by molar-refractivity contribution is 5.87. The second kappa shape index (κ2) is 9.35. The molecule has 0 unspecified atom stereocenters. The van der Waals surface area contributed by atoms with E-state index in [-0.39, 0.29) is 12.8 Å². The van der Waals surface area contributed by atoms with Crippen LogP contribution in [-0.2, 0) is 25.6 Å². The zero-order valence-electron chi connectivity index (χ0n) is 18.1. The molecule has 1 aliphatic rings. The van der Waals surface area contributed by atoms with Crippen LogP contribution >= 0.6 is 0 Å². The standard InChI is InChI=1S/C18H19F6N5O6/c1-7(30)25-15-26-13-11(14(32)27-15)28(6-5-17(19,20)21)16(33)29(13)10-4-3-9(35-10)12(18(22,23)24)34-8(2)31/h9-10,12H,3-6H2,1-2H3,(H2,25,26,27,30,32)/t9-,10+,12-/m0/s1. The van der Waals surface area contributed by atoms with Crippen LogP contribution in [0.4, 0.5) is 32.3 Å². The van der Waals surface area contributed by atoms with Gasteiger partial charge in [0.1, 0.15) is 12.3 Å². The molecule has 1 aliphatic heterocycles. The fourth-order valence-corrected chi connectivity index (χ4v) is 3.70. The lowest BCUT2D eigenvalue weighted by Gasteiger charge is -2.25. The van der Waals surface area contributed by atoms with Gasteiger partial charge < -0.3 is 9.47 Å². The number of nitrogens with one attached hydrogen (secondary N) is 2. The van der Waals surface area contributed by atoms with Gasteiger partial charge in [0.25, 0.3) is 5.56 Å². The monoisotopic (exact) mass is 515 g/mol. The molecule has 2 aromatic rings. The van der Waals surface area contributed by atoms with E-state index in [0.29, 0.717) is 9.13 Å². The normalized spacial score (nSPS) is 19.7. The Labute approximate surface area is 191 Å². The van der Waals surface area contributed by atoms with Crippen molar-refractivity contribution < 1.29 is 45.4 Å². The Bertz CT molecular complexity index is 1250. The summed E-state index contributed by atoms with van der Waals surface area (Å²) in [6.07, 6.45) is -17.7. The Hall–Kier alpha value is -3.37. The van der Waals surface area contributed by atoms with Gasteiger partial charge in [0.15, 0.2) is 11.2 Å². The van der Waals surface area contributed by atoms with E-state index in [9.17, 15) is 45.5 Å². The average Bonchev–Trinajstić information content (AvgIpc) is 3.24. The van der Waals surface area contributed by atoms with Crippen LogP contribution in [-0.4, -0.2) is 55.5 Å². The minimum atomic E-state index is -5.01. The molecule has 35 heavy (non-hydrogen) atoms. The van der Waals surface area contributed by atoms with Crippen LogP contribution in [0.15, 0.2) is 9.59 Å². The SMILES string of the molecule is CC(=O)Nc1nc2c(c(=O)[nH]1)n(CCC(F)(F)F)c(=O)n2[C@H]1CC[C@@H]([C@H](OC(C)=O)C(F)(F)F)O1. The number of nitrogens with zero attached hydrogens (tertiary/aromatic N) is 3. The second-order valence-corrected chi connectivity index (χ2v) is 7.72. The van der Waals surface area contributed by atoms with Crippen LogP contribution in [0.1, 0.15) is 39.3 Å². The summed E-state index contributed by atoms with van der Waals surface area (Å²) in [6, 6.07) is 0. The highest BCUT2D eigenvalue weighted by Gasteiger charge is 2.51. The van der Waals surface area contributed by atoms with Crippen molar-refractivity contribution in [2.75, 3.05) is 5.32 Å². The fraction of sp³-hybridized carbons (Fsp3) is 0.611. The number of hydrogen-bond donors (Lipinski definition) is 2. The van der Waals surface area contributed by atoms with E-state index in [1.165, 1.54) is 0 Å². The summed E-state index contributed by atoms with van der Waals surface area (Å²) >= 11 is 0. The first-order valence-electron chi connectivity index (χ1n) is 10.1. The molecule has 1 amide bonds. The molecular weight excluding hydrogens is 496 g/mol. The van der Waals surface area contributed by atoms with E-state index in [4.69, 9.17) is 4.74 Å². The summed E-state index contributed by atoms with van der Waals surface area (Å²) in [5.41, 5.74) is -3.36. The Kier molecular flexibility index (Phi) is 7.01. The van der Waals surface area contributed by atoms with Crippen molar-refractivity contribution in [2.45, 2.75) is 70.4 Å². The number of esters is 1. The van der Waals surface area contributed by atoms with E-state index in [1.54, 1.807) is 0 Å². The number of H-pyrrole nitrogens is 1. The van der Waals surface area contributed by atoms with Gasteiger partial charge in [-0.1, -0.05) is 0 Å². The number of hydrogen-bond acceptors (Lipinski definition) is 7. The lowest BCUT2D eigenvalue weighted by molar-refractivity contribution is -0.247.